The molecule has 8 nitrogen and oxygen atoms in total. The summed E-state index contributed by atoms with van der Waals surface area (Å²) in [7, 11) is 0. The van der Waals surface area contributed by atoms with Crippen molar-refractivity contribution in [2.75, 3.05) is 5.73 Å². The Morgan fingerprint density at radius 1 is 1.16 bits per heavy atom. The molecule has 0 saturated carbocycles. The second kappa shape index (κ2) is 7.03. The fourth-order valence-corrected chi connectivity index (χ4v) is 4.93. The average Bonchev–Trinajstić information content (AvgIpc) is 3.31. The first-order valence-electron chi connectivity index (χ1n) is 9.84. The van der Waals surface area contributed by atoms with Gasteiger partial charge in [0.05, 0.1) is 15.4 Å². The maximum Gasteiger partial charge on any atom is 0.165 e. The number of hydrogen-bond donors (Lipinski definition) is 2. The first-order valence-corrected chi connectivity index (χ1v) is 10.6. The first kappa shape index (κ1) is 20.9. The van der Waals surface area contributed by atoms with E-state index in [4.69, 9.17) is 43.1 Å². The normalized spacial score (nSPS) is 30.6. The third-order valence-corrected chi connectivity index (χ3v) is 6.68. The third kappa shape index (κ3) is 3.21. The van der Waals surface area contributed by atoms with Gasteiger partial charge in [0.15, 0.2) is 12.0 Å². The van der Waals surface area contributed by atoms with Crippen molar-refractivity contribution in [1.29, 1.82) is 0 Å². The van der Waals surface area contributed by atoms with Crippen LogP contribution in [0.4, 0.5) is 5.82 Å². The van der Waals surface area contributed by atoms with Gasteiger partial charge in [-0.1, -0.05) is 29.3 Å². The highest BCUT2D eigenvalue weighted by Crippen LogP contribution is 2.53. The maximum atomic E-state index is 11.3. The van der Waals surface area contributed by atoms with Crippen molar-refractivity contribution in [2.24, 2.45) is 0 Å². The number of nitrogens with zero attached hydrogens (tertiary/aromatic N) is 3. The number of halogens is 2. The Balaban J connectivity index is 1.58. The lowest BCUT2D eigenvalue weighted by molar-refractivity contribution is -0.223. The molecule has 4 heterocycles. The van der Waals surface area contributed by atoms with Crippen LogP contribution in [0.25, 0.3) is 11.0 Å². The van der Waals surface area contributed by atoms with Gasteiger partial charge in [0, 0.05) is 6.20 Å². The SMILES string of the molecule is CC1(C)O[C@H]2[C@H](n3ccc4c(N)ncnc43)OC([C@H](O)c3ccc(Cl)c(Cl)c3)[C@@]2(C)O1. The molecular formula is C21H22Cl2N4O4. The molecule has 10 heteroatoms. The number of hydrogen-bond acceptors (Lipinski definition) is 7. The molecule has 0 aliphatic carbocycles. The molecule has 0 amide bonds. The second-order valence-corrected chi connectivity index (χ2v) is 9.32. The summed E-state index contributed by atoms with van der Waals surface area (Å²) in [5.41, 5.74) is 6.22. The lowest BCUT2D eigenvalue weighted by atomic mass is 9.88. The summed E-state index contributed by atoms with van der Waals surface area (Å²) < 4.78 is 20.8. The smallest absolute Gasteiger partial charge is 0.165 e. The topological polar surface area (TPSA) is 105 Å². The number of rotatable bonds is 3. The number of fused-ring (bicyclic) bond motifs is 2. The van der Waals surface area contributed by atoms with Gasteiger partial charge in [-0.05, 0) is 44.5 Å². The number of aliphatic hydroxyl groups is 1. The quantitative estimate of drug-likeness (QED) is 0.605. The number of benzene rings is 1. The van der Waals surface area contributed by atoms with Crippen LogP contribution in [0.15, 0.2) is 36.8 Å². The summed E-state index contributed by atoms with van der Waals surface area (Å²) in [4.78, 5) is 8.41. The molecule has 1 aromatic carbocycles. The largest absolute Gasteiger partial charge is 0.386 e. The summed E-state index contributed by atoms with van der Waals surface area (Å²) in [5.74, 6) is -0.491. The van der Waals surface area contributed by atoms with Crippen molar-refractivity contribution in [3.05, 3.63) is 52.4 Å². The molecular weight excluding hydrogens is 443 g/mol. The van der Waals surface area contributed by atoms with E-state index in [1.165, 1.54) is 6.33 Å². The monoisotopic (exact) mass is 464 g/mol. The zero-order valence-electron chi connectivity index (χ0n) is 17.1. The lowest BCUT2D eigenvalue weighted by Gasteiger charge is -2.32. The summed E-state index contributed by atoms with van der Waals surface area (Å²) in [6.45, 7) is 5.56. The highest BCUT2D eigenvalue weighted by Gasteiger charge is 2.65. The Kier molecular flexibility index (Phi) is 4.75. The van der Waals surface area contributed by atoms with Crippen molar-refractivity contribution < 1.29 is 19.3 Å². The van der Waals surface area contributed by atoms with Gasteiger partial charge in [-0.2, -0.15) is 0 Å². The van der Waals surface area contributed by atoms with Gasteiger partial charge >= 0.3 is 0 Å². The highest BCUT2D eigenvalue weighted by molar-refractivity contribution is 6.42. The van der Waals surface area contributed by atoms with E-state index in [1.54, 1.807) is 18.2 Å². The number of anilines is 1. The summed E-state index contributed by atoms with van der Waals surface area (Å²) in [5, 5.41) is 12.7. The summed E-state index contributed by atoms with van der Waals surface area (Å²) >= 11 is 12.2. The third-order valence-electron chi connectivity index (χ3n) is 5.94. The number of aliphatic hydroxyl groups excluding tert-OH is 1. The molecule has 2 aliphatic rings. The molecule has 0 spiro atoms. The fraction of sp³-hybridized carbons (Fsp3) is 0.429. The van der Waals surface area contributed by atoms with E-state index < -0.39 is 35.9 Å². The van der Waals surface area contributed by atoms with Crippen molar-refractivity contribution in [1.82, 2.24) is 14.5 Å². The fourth-order valence-electron chi connectivity index (χ4n) is 4.62. The van der Waals surface area contributed by atoms with Crippen molar-refractivity contribution in [3.63, 3.8) is 0 Å². The van der Waals surface area contributed by atoms with Crippen LogP contribution in [0.2, 0.25) is 10.0 Å². The van der Waals surface area contributed by atoms with Crippen LogP contribution < -0.4 is 5.73 Å². The molecule has 0 radical (unpaired) electrons. The molecule has 2 saturated heterocycles. The lowest BCUT2D eigenvalue weighted by Crippen LogP contribution is -2.46. The van der Waals surface area contributed by atoms with Crippen LogP contribution in [-0.2, 0) is 14.2 Å². The zero-order valence-corrected chi connectivity index (χ0v) is 18.6. The van der Waals surface area contributed by atoms with E-state index >= 15 is 0 Å². The van der Waals surface area contributed by atoms with Gasteiger partial charge in [-0.25, -0.2) is 9.97 Å². The molecule has 31 heavy (non-hydrogen) atoms. The molecule has 5 atom stereocenters. The molecule has 2 fully saturated rings. The van der Waals surface area contributed by atoms with Gasteiger partial charge in [0.2, 0.25) is 0 Å². The van der Waals surface area contributed by atoms with Crippen molar-refractivity contribution in [2.45, 2.75) is 56.7 Å². The Morgan fingerprint density at radius 2 is 1.94 bits per heavy atom. The van der Waals surface area contributed by atoms with E-state index in [0.29, 0.717) is 32.5 Å². The minimum atomic E-state index is -1.04. The average molecular weight is 465 g/mol. The Labute approximate surface area is 188 Å². The van der Waals surface area contributed by atoms with Crippen LogP contribution in [0.5, 0.6) is 0 Å². The van der Waals surface area contributed by atoms with E-state index in [2.05, 4.69) is 9.97 Å². The zero-order chi connectivity index (χ0) is 22.1. The van der Waals surface area contributed by atoms with Crippen LogP contribution >= 0.6 is 23.2 Å². The first-order chi connectivity index (χ1) is 14.6. The maximum absolute atomic E-state index is 11.3. The minimum Gasteiger partial charge on any atom is -0.386 e. The Hall–Kier alpha value is -1.94. The molecule has 1 unspecified atom stereocenters. The summed E-state index contributed by atoms with van der Waals surface area (Å²) in [6, 6.07) is 6.82. The Morgan fingerprint density at radius 3 is 2.68 bits per heavy atom. The molecule has 2 aliphatic heterocycles. The predicted molar refractivity (Wildman–Crippen MR) is 116 cm³/mol. The van der Waals surface area contributed by atoms with Crippen LogP contribution in [0.1, 0.15) is 38.7 Å². The van der Waals surface area contributed by atoms with Crippen LogP contribution in [-0.4, -0.2) is 43.2 Å². The Bertz CT molecular complexity index is 1170. The van der Waals surface area contributed by atoms with E-state index in [9.17, 15) is 5.11 Å². The van der Waals surface area contributed by atoms with Crippen molar-refractivity contribution in [3.8, 4) is 0 Å². The predicted octanol–water partition coefficient (Wildman–Crippen LogP) is 3.86. The number of nitrogens with two attached hydrogens (primary N) is 1. The van der Waals surface area contributed by atoms with Gasteiger partial charge in [0.1, 0.15) is 41.7 Å². The van der Waals surface area contributed by atoms with Crippen LogP contribution in [0, 0.1) is 0 Å². The standard InChI is InChI=1S/C21H22Cl2N4O4/c1-20(2)30-16-19(27-7-6-11-17(24)25-9-26-18(11)27)29-15(21(16,3)31-20)14(28)10-4-5-12(22)13(23)8-10/h4-9,14-16,19,28H,1-3H3,(H2,24,25,26)/t14-,15?,16+,19-,21-/m1/s1. The van der Waals surface area contributed by atoms with Gasteiger partial charge in [-0.15, -0.1) is 0 Å². The van der Waals surface area contributed by atoms with Gasteiger partial charge in [0.25, 0.3) is 0 Å². The van der Waals surface area contributed by atoms with Gasteiger partial charge < -0.3 is 29.6 Å². The van der Waals surface area contributed by atoms with E-state index in [0.717, 1.165) is 0 Å². The number of nitrogen functional groups attached to an aromatic ring is 1. The number of ether oxygens (including phenoxy) is 3. The number of aromatic nitrogens is 3. The van der Waals surface area contributed by atoms with E-state index in [1.807, 2.05) is 37.6 Å². The molecule has 2 aromatic heterocycles. The molecule has 164 valence electrons. The molecule has 3 aromatic rings. The van der Waals surface area contributed by atoms with Gasteiger partial charge in [-0.3, -0.25) is 0 Å². The highest BCUT2D eigenvalue weighted by atomic mass is 35.5. The second-order valence-electron chi connectivity index (χ2n) is 8.51. The summed E-state index contributed by atoms with van der Waals surface area (Å²) in [6.07, 6.45) is 0.311. The molecule has 5 rings (SSSR count). The molecule has 3 N–H and O–H groups in total. The van der Waals surface area contributed by atoms with E-state index in [-0.39, 0.29) is 0 Å². The van der Waals surface area contributed by atoms with Crippen LogP contribution in [0.3, 0.4) is 0 Å². The molecule has 0 bridgehead atoms. The van der Waals surface area contributed by atoms with Crippen molar-refractivity contribution >= 4 is 40.1 Å². The minimum absolute atomic E-state index is 0.349.